The van der Waals surface area contributed by atoms with E-state index in [-0.39, 0.29) is 109 Å². The number of hydrogen-bond donors (Lipinski definition) is 8. The minimum absolute atomic E-state index is 0.00482. The van der Waals surface area contributed by atoms with Crippen molar-refractivity contribution in [3.05, 3.63) is 70.1 Å². The van der Waals surface area contributed by atoms with Crippen molar-refractivity contribution >= 4 is 82.3 Å². The molecule has 0 spiro atoms. The molecule has 3 aliphatic rings. The molecule has 30 heteroatoms. The van der Waals surface area contributed by atoms with Gasteiger partial charge in [0.2, 0.25) is 23.6 Å². The lowest BCUT2D eigenvalue weighted by atomic mass is 9.95. The number of ether oxygens (including phenoxy) is 3. The normalized spacial score (nSPS) is 16.5. The fourth-order valence-electron chi connectivity index (χ4n) is 9.79. The Morgan fingerprint density at radius 3 is 1.82 bits per heavy atom. The first-order valence-electron chi connectivity index (χ1n) is 26.7. The molecule has 28 nitrogen and oxygen atoms in total. The zero-order valence-corrected chi connectivity index (χ0v) is 47.9. The monoisotopic (exact) mass is 1210 g/mol. The van der Waals surface area contributed by atoms with E-state index in [9.17, 15) is 63.6 Å². The predicted molar refractivity (Wildman–Crippen MR) is 301 cm³/mol. The van der Waals surface area contributed by atoms with Gasteiger partial charge in [-0.25, -0.2) is 9.48 Å². The molecule has 0 saturated carbocycles. The number of aliphatic carboxylic acids is 4. The highest BCUT2D eigenvalue weighted by Crippen LogP contribution is 2.47. The number of pyridine rings is 1. The number of anilines is 1. The van der Waals surface area contributed by atoms with E-state index >= 15 is 0 Å². The Labute approximate surface area is 491 Å². The molecule has 0 aliphatic carbocycles. The largest absolute Gasteiger partial charge is 0.496 e. The number of rotatable bonds is 22. The number of methoxy groups -OCH3 is 1. The van der Waals surface area contributed by atoms with Gasteiger partial charge in [-0.15, -0.1) is 0 Å². The molecule has 0 unspecified atom stereocenters. The number of carbonyl (C=O) groups is 9. The van der Waals surface area contributed by atoms with Gasteiger partial charge < -0.3 is 60.8 Å². The molecule has 3 aliphatic heterocycles. The highest BCUT2D eigenvalue weighted by atomic mass is 35.5. The molecule has 0 radical (unpaired) electrons. The second kappa shape index (κ2) is 29.0. The van der Waals surface area contributed by atoms with Crippen molar-refractivity contribution in [3.8, 4) is 39.6 Å². The summed E-state index contributed by atoms with van der Waals surface area (Å²) in [6.45, 7) is 3.63. The molecule has 4 aromatic rings. The highest BCUT2D eigenvalue weighted by molar-refractivity contribution is 6.34. The van der Waals surface area contributed by atoms with Gasteiger partial charge in [0, 0.05) is 110 Å². The number of carboxylic acids is 4. The van der Waals surface area contributed by atoms with Crippen molar-refractivity contribution in [3.63, 3.8) is 0 Å². The van der Waals surface area contributed by atoms with Crippen LogP contribution in [0.5, 0.6) is 11.5 Å². The van der Waals surface area contributed by atoms with Gasteiger partial charge in [0.25, 0.3) is 5.91 Å². The van der Waals surface area contributed by atoms with Crippen molar-refractivity contribution in [2.24, 2.45) is 0 Å². The van der Waals surface area contributed by atoms with E-state index in [0.717, 1.165) is 0 Å². The predicted octanol–water partition coefficient (Wildman–Crippen LogP) is 1.06. The van der Waals surface area contributed by atoms with Crippen LogP contribution in [0.4, 0.5) is 5.69 Å². The number of carboxylic acid groups (broad SMARTS) is 4. The van der Waals surface area contributed by atoms with Crippen LogP contribution in [0.1, 0.15) is 42.7 Å². The Bertz CT molecular complexity index is 3090. The topological polar surface area (TPSA) is 357 Å². The molecule has 2 fully saturated rings. The first kappa shape index (κ1) is 63.6. The third kappa shape index (κ3) is 17.5. The second-order valence-corrected chi connectivity index (χ2v) is 21.6. The molecule has 5 amide bonds. The fraction of sp³-hybridized carbons (Fsp3) is 0.463. The summed E-state index contributed by atoms with van der Waals surface area (Å²) in [6.07, 6.45) is 2.12. The zero-order valence-electron chi connectivity index (χ0n) is 46.4. The van der Waals surface area contributed by atoms with E-state index in [2.05, 4.69) is 26.3 Å². The first-order valence-corrected chi connectivity index (χ1v) is 27.4. The molecular formula is C54H66Cl2N12O16. The highest BCUT2D eigenvalue weighted by Gasteiger charge is 2.40. The van der Waals surface area contributed by atoms with Crippen molar-refractivity contribution < 1.29 is 77.8 Å². The SMILES string of the molecule is COc1cc2c(cc1-c1cncc(NC(=O)CNC(=O)CC[C@H](NC(=O)CNC(=O)CN3CCN(CC(=O)O)CCN(CC(=O)O)CCN(CC(=O)O)CC3)C(=O)O)c1)-c1c(c(C(=O)N3CCOCC3(C)C)nn1-c1cc(Cl)cc(Cl)c1)CO2. The van der Waals surface area contributed by atoms with Crippen LogP contribution in [0.3, 0.4) is 0 Å². The lowest BCUT2D eigenvalue weighted by Gasteiger charge is -2.41. The Morgan fingerprint density at radius 2 is 1.26 bits per heavy atom. The average Bonchev–Trinajstić information content (AvgIpc) is 1.73. The third-order valence-electron chi connectivity index (χ3n) is 14.0. The molecule has 2 saturated heterocycles. The molecule has 452 valence electrons. The quantitative estimate of drug-likeness (QED) is 0.0545. The van der Waals surface area contributed by atoms with E-state index < -0.39 is 78.6 Å². The number of amides is 5. The minimum Gasteiger partial charge on any atom is -0.496 e. The van der Waals surface area contributed by atoms with Gasteiger partial charge in [0.05, 0.1) is 88.4 Å². The number of fused-ring (bicyclic) bond motifs is 3. The lowest BCUT2D eigenvalue weighted by Crippen LogP contribution is -2.55. The number of morpholine rings is 1. The number of nitrogens with zero attached hydrogens (tertiary/aromatic N) is 8. The molecule has 1 atom stereocenters. The van der Waals surface area contributed by atoms with Crippen molar-refractivity contribution in [1.82, 2.24) is 55.2 Å². The van der Waals surface area contributed by atoms with Crippen molar-refractivity contribution in [2.75, 3.05) is 124 Å². The van der Waals surface area contributed by atoms with Gasteiger partial charge in [0.15, 0.2) is 5.69 Å². The van der Waals surface area contributed by atoms with Crippen molar-refractivity contribution in [2.45, 2.75) is 44.9 Å². The van der Waals surface area contributed by atoms with Crippen LogP contribution >= 0.6 is 23.2 Å². The second-order valence-electron chi connectivity index (χ2n) is 20.7. The van der Waals surface area contributed by atoms with Gasteiger partial charge in [-0.2, -0.15) is 5.10 Å². The summed E-state index contributed by atoms with van der Waals surface area (Å²) in [5.41, 5.74) is 2.86. The average molecular weight is 1210 g/mol. The van der Waals surface area contributed by atoms with Crippen LogP contribution in [-0.4, -0.2) is 243 Å². The molecule has 7 rings (SSSR count). The molecule has 5 heterocycles. The number of benzene rings is 2. The maximum absolute atomic E-state index is 14.4. The summed E-state index contributed by atoms with van der Waals surface area (Å²) in [4.78, 5) is 126. The van der Waals surface area contributed by atoms with E-state index in [4.69, 9.17) is 42.5 Å². The lowest BCUT2D eigenvalue weighted by molar-refractivity contribution is -0.142. The first-order chi connectivity index (χ1) is 40.0. The molecule has 2 aromatic heterocycles. The standard InChI is InChI=1S/C54H66Cl2N12O16/c1-54(2)31-83-15-14-67(54)52(79)50-39-30-84-42-21-41(82-3)37(20-38(42)51(39)68(62-50)36-18-33(55)17-34(56)19-36)32-16-35(23-57-22-32)60-44(70)24-58-43(69)5-4-40(53(80)81)61-45(71)25-59-46(72)26-63-6-8-64(27-47(73)74)10-12-66(29-49(77)78)13-11-65(9-7-63)28-48(75)76/h16-23,40H,4-15,24-31H2,1-3H3,(H,58,69)(H,59,72)(H,60,70)(H,61,71)(H,73,74)(H,75,76)(H,77,78)(H,80,81)/t40-/m0/s1. The van der Waals surface area contributed by atoms with Crippen LogP contribution in [-0.2, 0) is 49.7 Å². The van der Waals surface area contributed by atoms with E-state index in [0.29, 0.717) is 74.9 Å². The van der Waals surface area contributed by atoms with Crippen LogP contribution in [0, 0.1) is 0 Å². The fourth-order valence-corrected chi connectivity index (χ4v) is 10.3. The van der Waals surface area contributed by atoms with E-state index in [1.54, 1.807) is 71.8 Å². The third-order valence-corrected chi connectivity index (χ3v) is 14.4. The number of hydrogen-bond acceptors (Lipinski definition) is 18. The number of carbonyl (C=O) groups excluding carboxylic acids is 5. The number of aromatic nitrogens is 3. The minimum atomic E-state index is -1.56. The van der Waals surface area contributed by atoms with Gasteiger partial charge in [0.1, 0.15) is 24.1 Å². The van der Waals surface area contributed by atoms with Crippen molar-refractivity contribution in [1.29, 1.82) is 0 Å². The summed E-state index contributed by atoms with van der Waals surface area (Å²) >= 11 is 13.0. The van der Waals surface area contributed by atoms with Crippen LogP contribution < -0.4 is 30.7 Å². The number of halogens is 2. The summed E-state index contributed by atoms with van der Waals surface area (Å²) in [7, 11) is 1.48. The Kier molecular flexibility index (Phi) is 22.0. The Morgan fingerprint density at radius 1 is 0.690 bits per heavy atom. The van der Waals surface area contributed by atoms with E-state index in [1.165, 1.54) is 13.3 Å². The summed E-state index contributed by atoms with van der Waals surface area (Å²) < 4.78 is 19.4. The van der Waals surface area contributed by atoms with Gasteiger partial charge in [-0.05, 0) is 50.6 Å². The molecule has 0 bridgehead atoms. The molecule has 84 heavy (non-hydrogen) atoms. The van der Waals surface area contributed by atoms with Gasteiger partial charge in [-0.3, -0.25) is 62.9 Å². The Balaban J connectivity index is 0.943. The number of nitrogens with one attached hydrogen (secondary N) is 4. The summed E-state index contributed by atoms with van der Waals surface area (Å²) in [5, 5.41) is 53.7. The van der Waals surface area contributed by atoms with Crippen LogP contribution in [0.25, 0.3) is 28.1 Å². The Hall–Kier alpha value is -7.99. The zero-order chi connectivity index (χ0) is 60.8. The summed E-state index contributed by atoms with van der Waals surface area (Å²) in [5.74, 6) is -7.22. The van der Waals surface area contributed by atoms with E-state index in [1.807, 2.05) is 13.8 Å². The molecular weight excluding hydrogens is 1140 g/mol. The maximum atomic E-state index is 14.4. The van der Waals surface area contributed by atoms with Gasteiger partial charge in [-0.1, -0.05) is 23.2 Å². The maximum Gasteiger partial charge on any atom is 0.326 e. The molecule has 2 aromatic carbocycles. The summed E-state index contributed by atoms with van der Waals surface area (Å²) in [6, 6.07) is 8.48. The van der Waals surface area contributed by atoms with Crippen LogP contribution in [0.15, 0.2) is 48.8 Å². The molecule has 8 N–H and O–H groups in total. The van der Waals surface area contributed by atoms with Crippen LogP contribution in [0.2, 0.25) is 10.0 Å². The smallest absolute Gasteiger partial charge is 0.326 e. The van der Waals surface area contributed by atoms with Gasteiger partial charge >= 0.3 is 23.9 Å².